The number of amides is 2. The highest BCUT2D eigenvalue weighted by Crippen LogP contribution is 2.33. The van der Waals surface area contributed by atoms with Crippen LogP contribution in [0, 0.1) is 5.82 Å². The number of para-hydroxylation sites is 2. The van der Waals surface area contributed by atoms with Crippen molar-refractivity contribution in [1.82, 2.24) is 15.0 Å². The van der Waals surface area contributed by atoms with Crippen LogP contribution >= 0.6 is 0 Å². The molecule has 0 radical (unpaired) electrons. The Kier molecular flexibility index (Phi) is 5.43. The summed E-state index contributed by atoms with van der Waals surface area (Å²) in [6, 6.07) is 16.8. The fraction of sp³-hybridized carbons (Fsp3) is 0.167. The van der Waals surface area contributed by atoms with Gasteiger partial charge in [0.25, 0.3) is 5.91 Å². The van der Waals surface area contributed by atoms with Gasteiger partial charge in [-0.05, 0) is 48.5 Å². The van der Waals surface area contributed by atoms with Gasteiger partial charge < -0.3 is 13.9 Å². The van der Waals surface area contributed by atoms with Gasteiger partial charge in [0.1, 0.15) is 23.9 Å². The van der Waals surface area contributed by atoms with Gasteiger partial charge in [-0.2, -0.15) is 5.10 Å². The SMILES string of the molecule is O=C(Cn1c(C2CC(=O)N(c3ccc(F)cc3)C2)nc2ccccc21)NN=Cc1ccco1. The Balaban J connectivity index is 1.39. The molecule has 0 spiro atoms. The monoisotopic (exact) mass is 445 g/mol. The maximum Gasteiger partial charge on any atom is 0.260 e. The Labute approximate surface area is 188 Å². The zero-order chi connectivity index (χ0) is 22.8. The van der Waals surface area contributed by atoms with E-state index in [0.717, 1.165) is 11.0 Å². The summed E-state index contributed by atoms with van der Waals surface area (Å²) in [5.41, 5.74) is 4.67. The second kappa shape index (κ2) is 8.70. The van der Waals surface area contributed by atoms with Crippen molar-refractivity contribution in [3.63, 3.8) is 0 Å². The van der Waals surface area contributed by atoms with Crippen LogP contribution in [0.1, 0.15) is 23.9 Å². The number of furan rings is 1. The van der Waals surface area contributed by atoms with Gasteiger partial charge in [0.15, 0.2) is 0 Å². The highest BCUT2D eigenvalue weighted by Gasteiger charge is 2.35. The number of benzene rings is 2. The molecule has 9 heteroatoms. The molecule has 166 valence electrons. The molecule has 1 aliphatic rings. The summed E-state index contributed by atoms with van der Waals surface area (Å²) in [4.78, 5) is 31.7. The van der Waals surface area contributed by atoms with E-state index in [0.29, 0.717) is 23.8 Å². The number of halogens is 1. The van der Waals surface area contributed by atoms with Crippen molar-refractivity contribution in [3.8, 4) is 0 Å². The minimum Gasteiger partial charge on any atom is -0.463 e. The second-order valence-electron chi connectivity index (χ2n) is 7.74. The zero-order valence-electron chi connectivity index (χ0n) is 17.5. The molecule has 4 aromatic rings. The van der Waals surface area contributed by atoms with Crippen LogP contribution in [0.3, 0.4) is 0 Å². The van der Waals surface area contributed by atoms with E-state index < -0.39 is 0 Å². The summed E-state index contributed by atoms with van der Waals surface area (Å²) in [7, 11) is 0. The second-order valence-corrected chi connectivity index (χ2v) is 7.74. The number of hydrazone groups is 1. The number of aromatic nitrogens is 2. The van der Waals surface area contributed by atoms with Gasteiger partial charge in [-0.3, -0.25) is 9.59 Å². The molecule has 1 unspecified atom stereocenters. The van der Waals surface area contributed by atoms with Crippen LogP contribution in [-0.2, 0) is 16.1 Å². The molecule has 1 fully saturated rings. The average Bonchev–Trinajstić information content (AvgIpc) is 3.54. The molecule has 1 atom stereocenters. The molecule has 1 saturated heterocycles. The predicted octanol–water partition coefficient (Wildman–Crippen LogP) is 3.44. The molecule has 2 aromatic carbocycles. The molecule has 8 nitrogen and oxygen atoms in total. The maximum atomic E-state index is 13.3. The zero-order valence-corrected chi connectivity index (χ0v) is 17.5. The quantitative estimate of drug-likeness (QED) is 0.364. The first-order valence-corrected chi connectivity index (χ1v) is 10.4. The predicted molar refractivity (Wildman–Crippen MR) is 120 cm³/mol. The van der Waals surface area contributed by atoms with E-state index >= 15 is 0 Å². The Hall–Kier alpha value is -4.27. The first-order valence-electron chi connectivity index (χ1n) is 10.4. The van der Waals surface area contributed by atoms with Gasteiger partial charge in [-0.1, -0.05) is 12.1 Å². The summed E-state index contributed by atoms with van der Waals surface area (Å²) in [5, 5.41) is 3.93. The lowest BCUT2D eigenvalue weighted by molar-refractivity contribution is -0.121. The third-order valence-corrected chi connectivity index (χ3v) is 5.54. The van der Waals surface area contributed by atoms with Crippen LogP contribution in [0.15, 0.2) is 76.4 Å². The number of nitrogens with zero attached hydrogens (tertiary/aromatic N) is 4. The van der Waals surface area contributed by atoms with Crippen LogP contribution in [0.2, 0.25) is 0 Å². The average molecular weight is 445 g/mol. The van der Waals surface area contributed by atoms with E-state index in [1.807, 2.05) is 28.8 Å². The first-order chi connectivity index (χ1) is 16.1. The third-order valence-electron chi connectivity index (χ3n) is 5.54. The van der Waals surface area contributed by atoms with Crippen molar-refractivity contribution in [2.45, 2.75) is 18.9 Å². The van der Waals surface area contributed by atoms with Crippen molar-refractivity contribution in [2.24, 2.45) is 5.10 Å². The Morgan fingerprint density at radius 2 is 2.00 bits per heavy atom. The molecule has 3 heterocycles. The molecular weight excluding hydrogens is 425 g/mol. The molecule has 1 N–H and O–H groups in total. The highest BCUT2D eigenvalue weighted by molar-refractivity contribution is 5.96. The van der Waals surface area contributed by atoms with Crippen molar-refractivity contribution in [1.29, 1.82) is 0 Å². The molecule has 33 heavy (non-hydrogen) atoms. The van der Waals surface area contributed by atoms with E-state index in [1.165, 1.54) is 24.6 Å². The molecule has 0 saturated carbocycles. The van der Waals surface area contributed by atoms with Gasteiger partial charge in [-0.15, -0.1) is 0 Å². The van der Waals surface area contributed by atoms with E-state index in [-0.39, 0.29) is 36.5 Å². The lowest BCUT2D eigenvalue weighted by Crippen LogP contribution is -2.26. The fourth-order valence-corrected chi connectivity index (χ4v) is 4.03. The number of nitrogens with one attached hydrogen (secondary N) is 1. The van der Waals surface area contributed by atoms with E-state index in [4.69, 9.17) is 9.40 Å². The molecule has 5 rings (SSSR count). The number of carbonyl (C=O) groups is 2. The summed E-state index contributed by atoms with van der Waals surface area (Å²) >= 11 is 0. The summed E-state index contributed by atoms with van der Waals surface area (Å²) < 4.78 is 20.3. The van der Waals surface area contributed by atoms with Crippen molar-refractivity contribution in [2.75, 3.05) is 11.4 Å². The standard InChI is InChI=1S/C24H20FN5O3/c25-17-7-9-18(10-8-17)29-14-16(12-23(29)32)24-27-20-5-1-2-6-21(20)30(24)15-22(31)28-26-13-19-4-3-11-33-19/h1-11,13,16H,12,14-15H2,(H,28,31). The van der Waals surface area contributed by atoms with Gasteiger partial charge in [0, 0.05) is 24.6 Å². The van der Waals surface area contributed by atoms with E-state index in [9.17, 15) is 14.0 Å². The smallest absolute Gasteiger partial charge is 0.260 e. The Morgan fingerprint density at radius 3 is 2.79 bits per heavy atom. The van der Waals surface area contributed by atoms with Crippen LogP contribution in [0.25, 0.3) is 11.0 Å². The minimum atomic E-state index is -0.357. The topological polar surface area (TPSA) is 92.7 Å². The number of hydrogen-bond acceptors (Lipinski definition) is 5. The van der Waals surface area contributed by atoms with Crippen LogP contribution in [0.5, 0.6) is 0 Å². The Morgan fingerprint density at radius 1 is 1.18 bits per heavy atom. The largest absolute Gasteiger partial charge is 0.463 e. The summed E-state index contributed by atoms with van der Waals surface area (Å²) in [5.74, 6) is 0.201. The molecule has 2 aromatic heterocycles. The molecular formula is C24H20FN5O3. The number of imidazole rings is 1. The summed E-state index contributed by atoms with van der Waals surface area (Å²) in [6.45, 7) is 0.388. The van der Waals surface area contributed by atoms with Crippen LogP contribution in [0.4, 0.5) is 10.1 Å². The normalized spacial score (nSPS) is 16.2. The van der Waals surface area contributed by atoms with E-state index in [2.05, 4.69) is 10.5 Å². The number of fused-ring (bicyclic) bond motifs is 1. The Bertz CT molecular complexity index is 1330. The first kappa shape index (κ1) is 20.6. The van der Waals surface area contributed by atoms with Crippen LogP contribution in [-0.4, -0.2) is 34.1 Å². The minimum absolute atomic E-state index is 0.00736. The van der Waals surface area contributed by atoms with E-state index in [1.54, 1.807) is 29.2 Å². The number of anilines is 1. The van der Waals surface area contributed by atoms with Crippen molar-refractivity contribution in [3.05, 3.63) is 84.3 Å². The lowest BCUT2D eigenvalue weighted by atomic mass is 10.1. The van der Waals surface area contributed by atoms with Gasteiger partial charge in [0.2, 0.25) is 5.91 Å². The van der Waals surface area contributed by atoms with Gasteiger partial charge >= 0.3 is 0 Å². The summed E-state index contributed by atoms with van der Waals surface area (Å²) in [6.07, 6.45) is 3.19. The van der Waals surface area contributed by atoms with Crippen molar-refractivity contribution >= 4 is 34.7 Å². The molecule has 1 aliphatic heterocycles. The maximum absolute atomic E-state index is 13.3. The fourth-order valence-electron chi connectivity index (χ4n) is 4.03. The van der Waals surface area contributed by atoms with Crippen LogP contribution < -0.4 is 10.3 Å². The molecule has 0 bridgehead atoms. The third kappa shape index (κ3) is 4.25. The highest BCUT2D eigenvalue weighted by atomic mass is 19.1. The number of carbonyl (C=O) groups excluding carboxylic acids is 2. The van der Waals surface area contributed by atoms with Gasteiger partial charge in [0.05, 0.1) is 23.5 Å². The van der Waals surface area contributed by atoms with Crippen molar-refractivity contribution < 1.29 is 18.4 Å². The molecule has 0 aliphatic carbocycles. The molecule has 2 amide bonds. The van der Waals surface area contributed by atoms with Gasteiger partial charge in [-0.25, -0.2) is 14.8 Å². The number of hydrogen-bond donors (Lipinski definition) is 1. The number of rotatable bonds is 6. The lowest BCUT2D eigenvalue weighted by Gasteiger charge is -2.17.